The van der Waals surface area contributed by atoms with Crippen LogP contribution in [0, 0.1) is 17.0 Å². The summed E-state index contributed by atoms with van der Waals surface area (Å²) in [5.41, 5.74) is 0.782. The van der Waals surface area contributed by atoms with E-state index in [0.29, 0.717) is 11.1 Å². The van der Waals surface area contributed by atoms with Gasteiger partial charge in [0.15, 0.2) is 0 Å². The van der Waals surface area contributed by atoms with Crippen molar-refractivity contribution in [3.63, 3.8) is 0 Å². The number of hydrogen-bond acceptors (Lipinski definition) is 4. The van der Waals surface area contributed by atoms with Crippen LogP contribution in [0.15, 0.2) is 18.2 Å². The minimum atomic E-state index is -0.462. The molecule has 1 fully saturated rings. The highest BCUT2D eigenvalue weighted by Gasteiger charge is 2.21. The predicted molar refractivity (Wildman–Crippen MR) is 78.4 cm³/mol. The molecule has 0 radical (unpaired) electrons. The number of nitro groups is 1. The molecule has 1 aliphatic heterocycles. The van der Waals surface area contributed by atoms with E-state index in [1.165, 1.54) is 6.07 Å². The van der Waals surface area contributed by atoms with E-state index >= 15 is 0 Å². The van der Waals surface area contributed by atoms with Crippen molar-refractivity contribution in [2.24, 2.45) is 0 Å². The van der Waals surface area contributed by atoms with Crippen LogP contribution in [-0.4, -0.2) is 30.0 Å². The number of rotatable bonds is 3. The van der Waals surface area contributed by atoms with Gasteiger partial charge >= 0.3 is 0 Å². The van der Waals surface area contributed by atoms with Gasteiger partial charge in [-0.15, -0.1) is 12.4 Å². The van der Waals surface area contributed by atoms with Gasteiger partial charge in [-0.1, -0.05) is 6.07 Å². The standard InChI is InChI=1S/C13H17N3O3.ClH/c1-9-11(3-2-4-12(9)16(18)19)13(17)15-10-5-7-14-8-6-10;/h2-4,10,14H,5-8H2,1H3,(H,15,17);1H. The highest BCUT2D eigenvalue weighted by molar-refractivity contribution is 5.96. The lowest BCUT2D eigenvalue weighted by molar-refractivity contribution is -0.385. The molecule has 6 nitrogen and oxygen atoms in total. The van der Waals surface area contributed by atoms with Crippen LogP contribution in [0.1, 0.15) is 28.8 Å². The summed E-state index contributed by atoms with van der Waals surface area (Å²) >= 11 is 0. The number of carbonyl (C=O) groups excluding carboxylic acids is 1. The fraction of sp³-hybridized carbons (Fsp3) is 0.462. The lowest BCUT2D eigenvalue weighted by Crippen LogP contribution is -2.42. The van der Waals surface area contributed by atoms with Crippen molar-refractivity contribution in [2.75, 3.05) is 13.1 Å². The largest absolute Gasteiger partial charge is 0.349 e. The first-order valence-electron chi connectivity index (χ1n) is 6.35. The Labute approximate surface area is 123 Å². The molecule has 0 bridgehead atoms. The number of nitrogens with zero attached hydrogens (tertiary/aromatic N) is 1. The molecule has 7 heteroatoms. The Balaban J connectivity index is 0.00000200. The summed E-state index contributed by atoms with van der Waals surface area (Å²) in [6.07, 6.45) is 1.78. The van der Waals surface area contributed by atoms with Gasteiger partial charge in [0.1, 0.15) is 0 Å². The highest BCUT2D eigenvalue weighted by atomic mass is 35.5. The van der Waals surface area contributed by atoms with E-state index in [2.05, 4.69) is 10.6 Å². The lowest BCUT2D eigenvalue weighted by atomic mass is 10.0. The molecule has 0 unspecified atom stereocenters. The van der Waals surface area contributed by atoms with Gasteiger partial charge in [-0.25, -0.2) is 0 Å². The first-order valence-corrected chi connectivity index (χ1v) is 6.35. The van der Waals surface area contributed by atoms with Crippen LogP contribution >= 0.6 is 12.4 Å². The molecule has 1 heterocycles. The van der Waals surface area contributed by atoms with Crippen molar-refractivity contribution in [3.05, 3.63) is 39.4 Å². The normalized spacial score (nSPS) is 15.2. The average Bonchev–Trinajstić information content (AvgIpc) is 2.39. The number of halogens is 1. The number of amides is 1. The summed E-state index contributed by atoms with van der Waals surface area (Å²) < 4.78 is 0. The summed E-state index contributed by atoms with van der Waals surface area (Å²) in [7, 11) is 0. The third-order valence-electron chi connectivity index (χ3n) is 3.42. The van der Waals surface area contributed by atoms with Crippen LogP contribution in [0.4, 0.5) is 5.69 Å². The molecule has 1 aromatic carbocycles. The molecule has 0 spiro atoms. The van der Waals surface area contributed by atoms with Gasteiger partial charge in [-0.2, -0.15) is 0 Å². The smallest absolute Gasteiger partial charge is 0.273 e. The number of carbonyl (C=O) groups is 1. The Morgan fingerprint density at radius 3 is 2.65 bits per heavy atom. The molecule has 1 aromatic rings. The Kier molecular flexibility index (Phi) is 5.91. The van der Waals surface area contributed by atoms with Crippen LogP contribution in [0.2, 0.25) is 0 Å². The van der Waals surface area contributed by atoms with E-state index in [9.17, 15) is 14.9 Å². The van der Waals surface area contributed by atoms with Crippen LogP contribution < -0.4 is 10.6 Å². The minimum absolute atomic E-state index is 0. The molecule has 1 aliphatic rings. The van der Waals surface area contributed by atoms with E-state index < -0.39 is 4.92 Å². The number of piperidine rings is 1. The van der Waals surface area contributed by atoms with Gasteiger partial charge in [-0.3, -0.25) is 14.9 Å². The van der Waals surface area contributed by atoms with Crippen LogP contribution in [0.25, 0.3) is 0 Å². The third-order valence-corrected chi connectivity index (χ3v) is 3.42. The molecule has 2 rings (SSSR count). The monoisotopic (exact) mass is 299 g/mol. The Morgan fingerprint density at radius 2 is 2.05 bits per heavy atom. The first-order chi connectivity index (χ1) is 9.09. The second kappa shape index (κ2) is 7.21. The van der Waals surface area contributed by atoms with Crippen molar-refractivity contribution < 1.29 is 9.72 Å². The maximum atomic E-state index is 12.2. The molecule has 20 heavy (non-hydrogen) atoms. The molecule has 1 amide bonds. The summed E-state index contributed by atoms with van der Waals surface area (Å²) in [4.78, 5) is 22.5. The maximum absolute atomic E-state index is 12.2. The molecule has 2 N–H and O–H groups in total. The highest BCUT2D eigenvalue weighted by Crippen LogP contribution is 2.21. The Hall–Kier alpha value is -1.66. The first kappa shape index (κ1) is 16.4. The van der Waals surface area contributed by atoms with Crippen LogP contribution in [0.5, 0.6) is 0 Å². The van der Waals surface area contributed by atoms with E-state index in [1.54, 1.807) is 19.1 Å². The van der Waals surface area contributed by atoms with E-state index in [1.807, 2.05) is 0 Å². The molecule has 0 atom stereocenters. The molecular formula is C13H18ClN3O3. The van der Waals surface area contributed by atoms with E-state index in [-0.39, 0.29) is 30.0 Å². The molecule has 1 saturated heterocycles. The van der Waals surface area contributed by atoms with Gasteiger partial charge in [-0.05, 0) is 38.9 Å². The Morgan fingerprint density at radius 1 is 1.40 bits per heavy atom. The predicted octanol–water partition coefficient (Wildman–Crippen LogP) is 1.81. The van der Waals surface area contributed by atoms with Crippen LogP contribution in [0.3, 0.4) is 0 Å². The fourth-order valence-electron chi connectivity index (χ4n) is 2.30. The Bertz CT molecular complexity index is 502. The second-order valence-corrected chi connectivity index (χ2v) is 4.70. The minimum Gasteiger partial charge on any atom is -0.349 e. The zero-order valence-electron chi connectivity index (χ0n) is 11.2. The number of benzene rings is 1. The summed E-state index contributed by atoms with van der Waals surface area (Å²) in [6, 6.07) is 4.73. The number of nitrogens with one attached hydrogen (secondary N) is 2. The van der Waals surface area contributed by atoms with Crippen molar-refractivity contribution in [2.45, 2.75) is 25.8 Å². The summed E-state index contributed by atoms with van der Waals surface area (Å²) in [5.74, 6) is -0.229. The fourth-order valence-corrected chi connectivity index (χ4v) is 2.30. The van der Waals surface area contributed by atoms with Gasteiger partial charge in [0, 0.05) is 23.2 Å². The molecule has 0 aliphatic carbocycles. The number of hydrogen-bond donors (Lipinski definition) is 2. The molecular weight excluding hydrogens is 282 g/mol. The lowest BCUT2D eigenvalue weighted by Gasteiger charge is -2.23. The zero-order chi connectivity index (χ0) is 13.8. The SMILES string of the molecule is Cc1c(C(=O)NC2CCNCC2)cccc1[N+](=O)[O-].Cl. The second-order valence-electron chi connectivity index (χ2n) is 4.70. The average molecular weight is 300 g/mol. The molecule has 0 saturated carbocycles. The van der Waals surface area contributed by atoms with Gasteiger partial charge < -0.3 is 10.6 Å². The zero-order valence-corrected chi connectivity index (χ0v) is 12.0. The summed E-state index contributed by atoms with van der Waals surface area (Å²) in [6.45, 7) is 3.38. The number of nitro benzene ring substituents is 1. The van der Waals surface area contributed by atoms with Crippen molar-refractivity contribution >= 4 is 24.0 Å². The quantitative estimate of drug-likeness (QED) is 0.658. The van der Waals surface area contributed by atoms with Crippen molar-refractivity contribution in [1.29, 1.82) is 0 Å². The van der Waals surface area contributed by atoms with Gasteiger partial charge in [0.25, 0.3) is 11.6 Å². The maximum Gasteiger partial charge on any atom is 0.273 e. The van der Waals surface area contributed by atoms with E-state index in [0.717, 1.165) is 25.9 Å². The molecule has 0 aromatic heterocycles. The van der Waals surface area contributed by atoms with Crippen molar-refractivity contribution in [1.82, 2.24) is 10.6 Å². The van der Waals surface area contributed by atoms with Gasteiger partial charge in [0.2, 0.25) is 0 Å². The van der Waals surface area contributed by atoms with Crippen LogP contribution in [-0.2, 0) is 0 Å². The molecule has 110 valence electrons. The summed E-state index contributed by atoms with van der Waals surface area (Å²) in [5, 5.41) is 17.0. The topological polar surface area (TPSA) is 84.3 Å². The van der Waals surface area contributed by atoms with E-state index in [4.69, 9.17) is 0 Å². The van der Waals surface area contributed by atoms with Crippen molar-refractivity contribution in [3.8, 4) is 0 Å². The van der Waals surface area contributed by atoms with Gasteiger partial charge in [0.05, 0.1) is 4.92 Å². The third kappa shape index (κ3) is 3.68.